The second kappa shape index (κ2) is 4.46. The second-order valence-electron chi connectivity index (χ2n) is 3.37. The van der Waals surface area contributed by atoms with E-state index in [-0.39, 0.29) is 0 Å². The van der Waals surface area contributed by atoms with Crippen LogP contribution in [0.5, 0.6) is 0 Å². The van der Waals surface area contributed by atoms with Crippen LogP contribution in [0.2, 0.25) is 0 Å². The minimum Gasteiger partial charge on any atom is -0.263 e. The van der Waals surface area contributed by atoms with Gasteiger partial charge in [0.1, 0.15) is 5.82 Å². The molecule has 0 aliphatic carbocycles. The number of nitrogens with zero attached hydrogens (tertiary/aromatic N) is 5. The molecule has 0 aliphatic heterocycles. The van der Waals surface area contributed by atoms with Gasteiger partial charge in [0.05, 0.1) is 0 Å². The fourth-order valence-corrected chi connectivity index (χ4v) is 1.38. The standard InChI is InChI=1S/C10H10N6/c1-7-12-10(15-13-7)6-8-2-4-9(5-3-8)14-16-11/h2-5H,6H2,1H3,(H,12,13,15). The Balaban J connectivity index is 2.13. The van der Waals surface area contributed by atoms with Gasteiger partial charge in [-0.15, -0.1) is 0 Å². The summed E-state index contributed by atoms with van der Waals surface area (Å²) in [5, 5.41) is 10.3. The molecule has 0 radical (unpaired) electrons. The lowest BCUT2D eigenvalue weighted by Gasteiger charge is -1.97. The fourth-order valence-electron chi connectivity index (χ4n) is 1.38. The lowest BCUT2D eigenvalue weighted by Crippen LogP contribution is -1.90. The zero-order valence-electron chi connectivity index (χ0n) is 8.75. The quantitative estimate of drug-likeness (QED) is 0.483. The van der Waals surface area contributed by atoms with Gasteiger partial charge in [0.2, 0.25) is 0 Å². The zero-order chi connectivity index (χ0) is 11.4. The first-order valence-corrected chi connectivity index (χ1v) is 4.80. The summed E-state index contributed by atoms with van der Waals surface area (Å²) in [5.74, 6) is 1.56. The third kappa shape index (κ3) is 2.37. The molecule has 1 aromatic carbocycles. The number of hydrogen-bond donors (Lipinski definition) is 1. The predicted octanol–water partition coefficient (Wildman–Crippen LogP) is 2.65. The molecule has 0 saturated heterocycles. The van der Waals surface area contributed by atoms with E-state index in [2.05, 4.69) is 25.2 Å². The van der Waals surface area contributed by atoms with E-state index < -0.39 is 0 Å². The number of hydrogen-bond acceptors (Lipinski definition) is 3. The molecule has 16 heavy (non-hydrogen) atoms. The molecule has 2 rings (SSSR count). The first-order chi connectivity index (χ1) is 7.78. The average Bonchev–Trinajstić information content (AvgIpc) is 2.67. The summed E-state index contributed by atoms with van der Waals surface area (Å²) >= 11 is 0. The van der Waals surface area contributed by atoms with E-state index in [9.17, 15) is 0 Å². The van der Waals surface area contributed by atoms with Gasteiger partial charge < -0.3 is 0 Å². The molecule has 1 N–H and O–H groups in total. The molecular formula is C10H10N6. The van der Waals surface area contributed by atoms with Crippen molar-refractivity contribution in [1.82, 2.24) is 15.2 Å². The predicted molar refractivity (Wildman–Crippen MR) is 59.2 cm³/mol. The molecule has 0 unspecified atom stereocenters. The van der Waals surface area contributed by atoms with Crippen LogP contribution in [0.15, 0.2) is 29.4 Å². The lowest BCUT2D eigenvalue weighted by atomic mass is 10.1. The summed E-state index contributed by atoms with van der Waals surface area (Å²) in [6, 6.07) is 7.34. The summed E-state index contributed by atoms with van der Waals surface area (Å²) in [5.41, 5.74) is 9.95. The first kappa shape index (κ1) is 10.2. The Bertz CT molecular complexity index is 520. The maximum atomic E-state index is 8.26. The number of H-pyrrole nitrogens is 1. The Kier molecular flexibility index (Phi) is 2.84. The van der Waals surface area contributed by atoms with Gasteiger partial charge in [-0.25, -0.2) is 4.98 Å². The molecule has 0 bridgehead atoms. The van der Waals surface area contributed by atoms with Crippen molar-refractivity contribution in [2.75, 3.05) is 0 Å². The van der Waals surface area contributed by atoms with Crippen LogP contribution in [0.3, 0.4) is 0 Å². The summed E-state index contributed by atoms with van der Waals surface area (Å²) in [6.07, 6.45) is 0.668. The number of rotatable bonds is 3. The van der Waals surface area contributed by atoms with Crippen molar-refractivity contribution in [2.24, 2.45) is 5.11 Å². The molecule has 0 spiro atoms. The SMILES string of the molecule is Cc1nc(Cc2ccc(N=[N+]=[N-])cc2)n[nH]1. The maximum absolute atomic E-state index is 8.26. The van der Waals surface area contributed by atoms with E-state index in [1.807, 2.05) is 19.1 Å². The van der Waals surface area contributed by atoms with E-state index in [1.54, 1.807) is 12.1 Å². The summed E-state index contributed by atoms with van der Waals surface area (Å²) in [7, 11) is 0. The van der Waals surface area contributed by atoms with Gasteiger partial charge in [-0.05, 0) is 18.0 Å². The molecule has 1 aromatic heterocycles. The van der Waals surface area contributed by atoms with Crippen LogP contribution in [0, 0.1) is 6.92 Å². The van der Waals surface area contributed by atoms with E-state index in [0.29, 0.717) is 12.1 Å². The Labute approximate surface area is 92.0 Å². The normalized spacial score (nSPS) is 9.81. The molecule has 0 fully saturated rings. The molecule has 2 aromatic rings. The van der Waals surface area contributed by atoms with Crippen molar-refractivity contribution in [3.05, 3.63) is 51.9 Å². The number of benzene rings is 1. The van der Waals surface area contributed by atoms with Crippen molar-refractivity contribution in [1.29, 1.82) is 0 Å². The van der Waals surface area contributed by atoms with Gasteiger partial charge in [0.25, 0.3) is 0 Å². The lowest BCUT2D eigenvalue weighted by molar-refractivity contribution is 0.969. The van der Waals surface area contributed by atoms with Crippen LogP contribution in [0.4, 0.5) is 5.69 Å². The Hall–Kier alpha value is -2.33. The number of azide groups is 1. The van der Waals surface area contributed by atoms with Gasteiger partial charge in [0.15, 0.2) is 5.82 Å². The molecule has 0 saturated carbocycles. The largest absolute Gasteiger partial charge is 0.263 e. The van der Waals surface area contributed by atoms with Crippen molar-refractivity contribution >= 4 is 5.69 Å². The van der Waals surface area contributed by atoms with E-state index in [1.165, 1.54) is 0 Å². The number of aromatic amines is 1. The third-order valence-corrected chi connectivity index (χ3v) is 2.10. The molecular weight excluding hydrogens is 204 g/mol. The van der Waals surface area contributed by atoms with E-state index in [0.717, 1.165) is 17.2 Å². The highest BCUT2D eigenvalue weighted by atomic mass is 15.2. The van der Waals surface area contributed by atoms with Crippen molar-refractivity contribution < 1.29 is 0 Å². The van der Waals surface area contributed by atoms with Gasteiger partial charge in [-0.2, -0.15) is 5.10 Å². The summed E-state index contributed by atoms with van der Waals surface area (Å²) in [4.78, 5) is 6.93. The van der Waals surface area contributed by atoms with Crippen molar-refractivity contribution in [2.45, 2.75) is 13.3 Å². The fraction of sp³-hybridized carbons (Fsp3) is 0.200. The van der Waals surface area contributed by atoms with Crippen LogP contribution in [0.25, 0.3) is 10.4 Å². The minimum atomic E-state index is 0.609. The highest BCUT2D eigenvalue weighted by Crippen LogP contribution is 2.14. The van der Waals surface area contributed by atoms with Crippen LogP contribution >= 0.6 is 0 Å². The van der Waals surface area contributed by atoms with Crippen LogP contribution < -0.4 is 0 Å². The molecule has 6 heteroatoms. The minimum absolute atomic E-state index is 0.609. The highest BCUT2D eigenvalue weighted by molar-refractivity contribution is 5.39. The van der Waals surface area contributed by atoms with Gasteiger partial charge >= 0.3 is 0 Å². The van der Waals surface area contributed by atoms with Gasteiger partial charge in [-0.3, -0.25) is 5.10 Å². The van der Waals surface area contributed by atoms with Crippen LogP contribution in [-0.4, -0.2) is 15.2 Å². The molecule has 80 valence electrons. The molecule has 1 heterocycles. The zero-order valence-corrected chi connectivity index (χ0v) is 8.75. The number of nitrogens with one attached hydrogen (secondary N) is 1. The Morgan fingerprint density at radius 2 is 2.12 bits per heavy atom. The molecule has 0 aliphatic rings. The second-order valence-corrected chi connectivity index (χ2v) is 3.37. The van der Waals surface area contributed by atoms with E-state index >= 15 is 0 Å². The summed E-state index contributed by atoms with van der Waals surface area (Å²) < 4.78 is 0. The van der Waals surface area contributed by atoms with Crippen molar-refractivity contribution in [3.8, 4) is 0 Å². The van der Waals surface area contributed by atoms with Crippen LogP contribution in [-0.2, 0) is 6.42 Å². The first-order valence-electron chi connectivity index (χ1n) is 4.80. The monoisotopic (exact) mass is 214 g/mol. The van der Waals surface area contributed by atoms with Gasteiger partial charge in [0, 0.05) is 17.0 Å². The third-order valence-electron chi connectivity index (χ3n) is 2.10. The van der Waals surface area contributed by atoms with E-state index in [4.69, 9.17) is 5.53 Å². The molecule has 0 atom stereocenters. The molecule has 6 nitrogen and oxygen atoms in total. The van der Waals surface area contributed by atoms with Crippen molar-refractivity contribution in [3.63, 3.8) is 0 Å². The average molecular weight is 214 g/mol. The molecule has 0 amide bonds. The maximum Gasteiger partial charge on any atom is 0.155 e. The van der Waals surface area contributed by atoms with Crippen LogP contribution in [0.1, 0.15) is 17.2 Å². The Morgan fingerprint density at radius 3 is 2.69 bits per heavy atom. The number of aryl methyl sites for hydroxylation is 1. The smallest absolute Gasteiger partial charge is 0.155 e. The van der Waals surface area contributed by atoms with Gasteiger partial charge in [-0.1, -0.05) is 29.4 Å². The number of aromatic nitrogens is 3. The highest BCUT2D eigenvalue weighted by Gasteiger charge is 2.01. The topological polar surface area (TPSA) is 90.3 Å². The summed E-state index contributed by atoms with van der Waals surface area (Å²) in [6.45, 7) is 1.86. The Morgan fingerprint density at radius 1 is 1.38 bits per heavy atom.